The fourth-order valence-corrected chi connectivity index (χ4v) is 2.69. The van der Waals surface area contributed by atoms with Crippen LogP contribution in [-0.2, 0) is 5.60 Å². The highest BCUT2D eigenvalue weighted by molar-refractivity contribution is 5.24. The van der Waals surface area contributed by atoms with E-state index in [1.165, 1.54) is 0 Å². The van der Waals surface area contributed by atoms with Crippen LogP contribution in [0, 0.1) is 5.92 Å². The Hall–Kier alpha value is -0.860. The number of hydrogen-bond donors (Lipinski definition) is 1. The third kappa shape index (κ3) is 1.76. The van der Waals surface area contributed by atoms with E-state index < -0.39 is 5.60 Å². The van der Waals surface area contributed by atoms with Gasteiger partial charge in [-0.1, -0.05) is 37.3 Å². The molecule has 1 N–H and O–H groups in total. The molecule has 1 saturated heterocycles. The summed E-state index contributed by atoms with van der Waals surface area (Å²) in [7, 11) is 2.13. The summed E-state index contributed by atoms with van der Waals surface area (Å²) in [6, 6.07) is 10.5. The molecule has 1 fully saturated rings. The molecule has 1 aromatic carbocycles. The van der Waals surface area contributed by atoms with Gasteiger partial charge >= 0.3 is 0 Å². The zero-order valence-corrected chi connectivity index (χ0v) is 10.4. The number of aliphatic hydroxyl groups is 1. The van der Waals surface area contributed by atoms with Gasteiger partial charge in [0.15, 0.2) is 0 Å². The molecule has 1 aromatic rings. The number of benzene rings is 1. The van der Waals surface area contributed by atoms with Gasteiger partial charge < -0.3 is 10.0 Å². The van der Waals surface area contributed by atoms with E-state index in [-0.39, 0.29) is 5.92 Å². The molecule has 88 valence electrons. The zero-order valence-electron chi connectivity index (χ0n) is 10.4. The number of piperidine rings is 1. The Morgan fingerprint density at radius 1 is 1.25 bits per heavy atom. The van der Waals surface area contributed by atoms with E-state index in [0.29, 0.717) is 6.04 Å². The van der Waals surface area contributed by atoms with Gasteiger partial charge in [0.25, 0.3) is 0 Å². The average Bonchev–Trinajstić information content (AvgIpc) is 2.33. The van der Waals surface area contributed by atoms with Crippen molar-refractivity contribution in [2.75, 3.05) is 13.6 Å². The molecule has 0 aromatic heterocycles. The first-order valence-electron chi connectivity index (χ1n) is 6.04. The highest BCUT2D eigenvalue weighted by atomic mass is 16.3. The second-order valence-electron chi connectivity index (χ2n) is 5.05. The third-order valence-electron chi connectivity index (χ3n) is 4.29. The van der Waals surface area contributed by atoms with Gasteiger partial charge in [-0.05, 0) is 26.0 Å². The van der Waals surface area contributed by atoms with Gasteiger partial charge in [0.05, 0.1) is 5.60 Å². The van der Waals surface area contributed by atoms with Gasteiger partial charge in [0.1, 0.15) is 0 Å². The lowest BCUT2D eigenvalue weighted by atomic mass is 9.73. The Labute approximate surface area is 97.9 Å². The fraction of sp³-hybridized carbons (Fsp3) is 0.571. The van der Waals surface area contributed by atoms with Crippen LogP contribution in [-0.4, -0.2) is 29.6 Å². The monoisotopic (exact) mass is 219 g/mol. The van der Waals surface area contributed by atoms with E-state index >= 15 is 0 Å². The van der Waals surface area contributed by atoms with Crippen LogP contribution in [0.3, 0.4) is 0 Å². The van der Waals surface area contributed by atoms with Crippen LogP contribution in [0.1, 0.15) is 25.8 Å². The van der Waals surface area contributed by atoms with E-state index in [1.807, 2.05) is 30.3 Å². The van der Waals surface area contributed by atoms with Crippen LogP contribution in [0.15, 0.2) is 30.3 Å². The van der Waals surface area contributed by atoms with Crippen molar-refractivity contribution < 1.29 is 5.11 Å². The number of hydrogen-bond acceptors (Lipinski definition) is 2. The Kier molecular flexibility index (Phi) is 3.04. The molecule has 1 aliphatic rings. The minimum Gasteiger partial charge on any atom is -0.385 e. The summed E-state index contributed by atoms with van der Waals surface area (Å²) >= 11 is 0. The summed E-state index contributed by atoms with van der Waals surface area (Å²) in [5.41, 5.74) is 0.398. The minimum atomic E-state index is -0.660. The SMILES string of the molecule is C[C@@H]1[C@H](C)N(C)CC[C@]1(O)c1ccccc1. The Balaban J connectivity index is 2.32. The van der Waals surface area contributed by atoms with E-state index in [1.54, 1.807) is 0 Å². The molecule has 1 aliphatic heterocycles. The lowest BCUT2D eigenvalue weighted by molar-refractivity contribution is -0.0894. The molecule has 2 heteroatoms. The van der Waals surface area contributed by atoms with Crippen molar-refractivity contribution in [2.45, 2.75) is 31.9 Å². The molecule has 1 heterocycles. The van der Waals surface area contributed by atoms with Crippen molar-refractivity contribution in [1.29, 1.82) is 0 Å². The normalized spacial score (nSPS) is 36.2. The third-order valence-corrected chi connectivity index (χ3v) is 4.29. The Morgan fingerprint density at radius 2 is 1.88 bits per heavy atom. The van der Waals surface area contributed by atoms with Crippen LogP contribution in [0.25, 0.3) is 0 Å². The standard InChI is InChI=1S/C14H21NO/c1-11-12(2)15(3)10-9-14(11,16)13-7-5-4-6-8-13/h4-8,11-12,16H,9-10H2,1-3H3/t11-,12+,14-/m1/s1. The van der Waals surface area contributed by atoms with Gasteiger partial charge in [-0.15, -0.1) is 0 Å². The largest absolute Gasteiger partial charge is 0.385 e. The van der Waals surface area contributed by atoms with Gasteiger partial charge in [-0.3, -0.25) is 0 Å². The summed E-state index contributed by atoms with van der Waals surface area (Å²) in [6.07, 6.45) is 0.818. The van der Waals surface area contributed by atoms with Crippen molar-refractivity contribution >= 4 is 0 Å². The van der Waals surface area contributed by atoms with Crippen molar-refractivity contribution in [3.8, 4) is 0 Å². The maximum atomic E-state index is 10.9. The summed E-state index contributed by atoms with van der Waals surface area (Å²) in [4.78, 5) is 2.32. The first kappa shape index (κ1) is 11.6. The number of nitrogens with zero attached hydrogens (tertiary/aromatic N) is 1. The fourth-order valence-electron chi connectivity index (χ4n) is 2.69. The summed E-state index contributed by atoms with van der Waals surface area (Å²) in [5.74, 6) is 0.258. The molecular formula is C14H21NO. The van der Waals surface area contributed by atoms with Gasteiger partial charge in [0, 0.05) is 18.5 Å². The average molecular weight is 219 g/mol. The number of likely N-dealkylation sites (tertiary alicyclic amines) is 1. The van der Waals surface area contributed by atoms with Crippen LogP contribution < -0.4 is 0 Å². The maximum absolute atomic E-state index is 10.9. The van der Waals surface area contributed by atoms with Crippen LogP contribution >= 0.6 is 0 Å². The highest BCUT2D eigenvalue weighted by Crippen LogP contribution is 2.39. The van der Waals surface area contributed by atoms with Crippen LogP contribution in [0.4, 0.5) is 0 Å². The van der Waals surface area contributed by atoms with Crippen molar-refractivity contribution in [3.63, 3.8) is 0 Å². The zero-order chi connectivity index (χ0) is 11.8. The first-order chi connectivity index (χ1) is 7.55. The van der Waals surface area contributed by atoms with E-state index in [4.69, 9.17) is 0 Å². The Bertz CT molecular complexity index is 351. The second kappa shape index (κ2) is 4.19. The summed E-state index contributed by atoms with van der Waals surface area (Å²) < 4.78 is 0. The molecule has 0 saturated carbocycles. The van der Waals surface area contributed by atoms with Gasteiger partial charge in [-0.25, -0.2) is 0 Å². The maximum Gasteiger partial charge on any atom is 0.0948 e. The Morgan fingerprint density at radius 3 is 2.50 bits per heavy atom. The molecule has 0 unspecified atom stereocenters. The van der Waals surface area contributed by atoms with Crippen LogP contribution in [0.2, 0.25) is 0 Å². The number of rotatable bonds is 1. The second-order valence-corrected chi connectivity index (χ2v) is 5.05. The lowest BCUT2D eigenvalue weighted by Gasteiger charge is -2.46. The molecule has 0 radical (unpaired) electrons. The molecule has 0 spiro atoms. The van der Waals surface area contributed by atoms with E-state index in [2.05, 4.69) is 25.8 Å². The lowest BCUT2D eigenvalue weighted by Crippen LogP contribution is -2.52. The summed E-state index contributed by atoms with van der Waals surface area (Å²) in [5, 5.41) is 10.9. The van der Waals surface area contributed by atoms with E-state index in [9.17, 15) is 5.11 Å². The highest BCUT2D eigenvalue weighted by Gasteiger charge is 2.43. The minimum absolute atomic E-state index is 0.258. The molecule has 2 nitrogen and oxygen atoms in total. The van der Waals surface area contributed by atoms with Gasteiger partial charge in [-0.2, -0.15) is 0 Å². The predicted molar refractivity (Wildman–Crippen MR) is 66.2 cm³/mol. The molecular weight excluding hydrogens is 198 g/mol. The summed E-state index contributed by atoms with van der Waals surface area (Å²) in [6.45, 7) is 5.29. The predicted octanol–water partition coefficient (Wildman–Crippen LogP) is 2.23. The molecule has 16 heavy (non-hydrogen) atoms. The van der Waals surface area contributed by atoms with E-state index in [0.717, 1.165) is 18.5 Å². The molecule has 0 amide bonds. The van der Waals surface area contributed by atoms with Crippen molar-refractivity contribution in [2.24, 2.45) is 5.92 Å². The topological polar surface area (TPSA) is 23.5 Å². The molecule has 2 rings (SSSR count). The molecule has 0 bridgehead atoms. The van der Waals surface area contributed by atoms with Crippen molar-refractivity contribution in [3.05, 3.63) is 35.9 Å². The molecule has 3 atom stereocenters. The first-order valence-corrected chi connectivity index (χ1v) is 6.04. The van der Waals surface area contributed by atoms with Crippen LogP contribution in [0.5, 0.6) is 0 Å². The van der Waals surface area contributed by atoms with Gasteiger partial charge in [0.2, 0.25) is 0 Å². The van der Waals surface area contributed by atoms with Crippen molar-refractivity contribution in [1.82, 2.24) is 4.90 Å². The smallest absolute Gasteiger partial charge is 0.0948 e. The molecule has 0 aliphatic carbocycles. The quantitative estimate of drug-likeness (QED) is 0.783.